The first kappa shape index (κ1) is 11.0. The summed E-state index contributed by atoms with van der Waals surface area (Å²) in [6.07, 6.45) is 0. The van der Waals surface area contributed by atoms with Gasteiger partial charge in [0.15, 0.2) is 5.58 Å². The lowest BCUT2D eigenvalue weighted by Crippen LogP contribution is -1.92. The largest absolute Gasteiger partial charge is 0.417 e. The molecule has 3 aromatic rings. The van der Waals surface area contributed by atoms with E-state index in [1.165, 1.54) is 0 Å². The molecule has 5 nitrogen and oxygen atoms in total. The van der Waals surface area contributed by atoms with Crippen molar-refractivity contribution < 1.29 is 4.42 Å². The number of nitrogens with zero attached hydrogens (tertiary/aromatic N) is 1. The molecule has 0 saturated heterocycles. The average Bonchev–Trinajstić information content (AvgIpc) is 2.89. The molecule has 0 aliphatic carbocycles. The highest BCUT2D eigenvalue weighted by atomic mass is 32.1. The van der Waals surface area contributed by atoms with Gasteiger partial charge in [-0.1, -0.05) is 11.3 Å². The van der Waals surface area contributed by atoms with Crippen molar-refractivity contribution >= 4 is 27.4 Å². The van der Waals surface area contributed by atoms with Gasteiger partial charge >= 0.3 is 5.76 Å². The molecular weight excluding hydrogens is 250 g/mol. The number of oxazole rings is 1. The van der Waals surface area contributed by atoms with Crippen LogP contribution in [-0.4, -0.2) is 17.0 Å². The zero-order chi connectivity index (χ0) is 12.7. The Morgan fingerprint density at radius 1 is 1.44 bits per heavy atom. The van der Waals surface area contributed by atoms with Gasteiger partial charge < -0.3 is 9.73 Å². The van der Waals surface area contributed by atoms with E-state index >= 15 is 0 Å². The van der Waals surface area contributed by atoms with E-state index < -0.39 is 5.76 Å². The summed E-state index contributed by atoms with van der Waals surface area (Å²) in [4.78, 5) is 18.2. The molecule has 18 heavy (non-hydrogen) atoms. The quantitative estimate of drug-likeness (QED) is 0.743. The number of aromatic amines is 1. The molecular formula is C12H11N3O2S. The SMILES string of the molecule is CNc1sc(-c2ccc3oc(=O)[nH]c3c2)nc1C. The summed E-state index contributed by atoms with van der Waals surface area (Å²) in [6.45, 7) is 1.96. The summed E-state index contributed by atoms with van der Waals surface area (Å²) in [5.41, 5.74) is 3.19. The lowest BCUT2D eigenvalue weighted by molar-refractivity contribution is 0.555. The Labute approximate surface area is 106 Å². The molecule has 1 aromatic carbocycles. The molecule has 0 unspecified atom stereocenters. The Morgan fingerprint density at radius 3 is 3.00 bits per heavy atom. The van der Waals surface area contributed by atoms with Gasteiger partial charge in [0.25, 0.3) is 0 Å². The maximum atomic E-state index is 11.1. The fraction of sp³-hybridized carbons (Fsp3) is 0.167. The van der Waals surface area contributed by atoms with E-state index in [4.69, 9.17) is 4.42 Å². The normalized spacial score (nSPS) is 11.0. The lowest BCUT2D eigenvalue weighted by Gasteiger charge is -1.95. The number of aryl methyl sites for hydroxylation is 1. The molecule has 0 atom stereocenters. The van der Waals surface area contributed by atoms with Crippen LogP contribution in [0.2, 0.25) is 0 Å². The molecule has 0 amide bonds. The van der Waals surface area contributed by atoms with Gasteiger partial charge in [-0.3, -0.25) is 4.98 Å². The van der Waals surface area contributed by atoms with Crippen molar-refractivity contribution in [2.45, 2.75) is 6.92 Å². The highest BCUT2D eigenvalue weighted by Crippen LogP contribution is 2.32. The molecule has 0 spiro atoms. The van der Waals surface area contributed by atoms with Gasteiger partial charge in [0.05, 0.1) is 11.2 Å². The van der Waals surface area contributed by atoms with Gasteiger partial charge in [0, 0.05) is 12.6 Å². The van der Waals surface area contributed by atoms with Crippen molar-refractivity contribution in [1.82, 2.24) is 9.97 Å². The van der Waals surface area contributed by atoms with Gasteiger partial charge in [0.1, 0.15) is 10.0 Å². The van der Waals surface area contributed by atoms with Crippen LogP contribution in [0.1, 0.15) is 5.69 Å². The predicted molar refractivity (Wildman–Crippen MR) is 72.2 cm³/mol. The summed E-state index contributed by atoms with van der Waals surface area (Å²) in [6, 6.07) is 5.55. The number of H-pyrrole nitrogens is 1. The standard InChI is InChI=1S/C12H11N3O2S/c1-6-10(13-2)18-11(14-6)7-3-4-9-8(5-7)15-12(16)17-9/h3-5,13H,1-2H3,(H,15,16). The molecule has 3 rings (SSSR count). The van der Waals surface area contributed by atoms with Gasteiger partial charge in [-0.15, -0.1) is 0 Å². The highest BCUT2D eigenvalue weighted by Gasteiger charge is 2.10. The van der Waals surface area contributed by atoms with E-state index in [-0.39, 0.29) is 0 Å². The van der Waals surface area contributed by atoms with Gasteiger partial charge in [-0.2, -0.15) is 0 Å². The maximum Gasteiger partial charge on any atom is 0.417 e. The van der Waals surface area contributed by atoms with E-state index in [9.17, 15) is 4.79 Å². The molecule has 2 N–H and O–H groups in total. The van der Waals surface area contributed by atoms with Crippen LogP contribution >= 0.6 is 11.3 Å². The summed E-state index contributed by atoms with van der Waals surface area (Å²) in [7, 11) is 1.88. The number of anilines is 1. The van der Waals surface area contributed by atoms with Crippen LogP contribution in [0.5, 0.6) is 0 Å². The van der Waals surface area contributed by atoms with Crippen LogP contribution in [-0.2, 0) is 0 Å². The van der Waals surface area contributed by atoms with Crippen molar-refractivity contribution in [2.24, 2.45) is 0 Å². The zero-order valence-electron chi connectivity index (χ0n) is 9.90. The van der Waals surface area contributed by atoms with Crippen LogP contribution in [0.4, 0.5) is 5.00 Å². The number of hydrogen-bond donors (Lipinski definition) is 2. The van der Waals surface area contributed by atoms with Crippen molar-refractivity contribution in [3.05, 3.63) is 34.4 Å². The molecule has 0 bridgehead atoms. The molecule has 0 radical (unpaired) electrons. The molecule has 2 aromatic heterocycles. The summed E-state index contributed by atoms with van der Waals surface area (Å²) < 4.78 is 4.97. The minimum atomic E-state index is -0.437. The van der Waals surface area contributed by atoms with Gasteiger partial charge in [-0.05, 0) is 25.1 Å². The molecule has 6 heteroatoms. The van der Waals surface area contributed by atoms with Crippen LogP contribution in [0.25, 0.3) is 21.7 Å². The Kier molecular flexibility index (Phi) is 2.45. The number of benzene rings is 1. The smallest absolute Gasteiger partial charge is 0.408 e. The third-order valence-electron chi connectivity index (χ3n) is 2.69. The van der Waals surface area contributed by atoms with E-state index in [1.54, 1.807) is 17.4 Å². The third kappa shape index (κ3) is 1.70. The number of thiazole rings is 1. The van der Waals surface area contributed by atoms with Crippen LogP contribution in [0, 0.1) is 6.92 Å². The first-order chi connectivity index (χ1) is 8.67. The highest BCUT2D eigenvalue weighted by molar-refractivity contribution is 7.19. The number of hydrogen-bond acceptors (Lipinski definition) is 5. The zero-order valence-corrected chi connectivity index (χ0v) is 10.7. The molecule has 0 saturated carbocycles. The van der Waals surface area contributed by atoms with E-state index in [0.29, 0.717) is 11.1 Å². The van der Waals surface area contributed by atoms with E-state index in [2.05, 4.69) is 15.3 Å². The minimum Gasteiger partial charge on any atom is -0.408 e. The second kappa shape index (κ2) is 3.99. The van der Waals surface area contributed by atoms with Crippen molar-refractivity contribution in [3.8, 4) is 10.6 Å². The Balaban J connectivity index is 2.15. The monoisotopic (exact) mass is 261 g/mol. The third-order valence-corrected chi connectivity index (χ3v) is 3.91. The van der Waals surface area contributed by atoms with Crippen LogP contribution < -0.4 is 11.1 Å². The van der Waals surface area contributed by atoms with Crippen molar-refractivity contribution in [1.29, 1.82) is 0 Å². The van der Waals surface area contributed by atoms with Crippen LogP contribution in [0.3, 0.4) is 0 Å². The average molecular weight is 261 g/mol. The van der Waals surface area contributed by atoms with Crippen LogP contribution in [0.15, 0.2) is 27.4 Å². The molecule has 0 aliphatic heterocycles. The Morgan fingerprint density at radius 2 is 2.28 bits per heavy atom. The molecule has 2 heterocycles. The first-order valence-electron chi connectivity index (χ1n) is 5.46. The minimum absolute atomic E-state index is 0.437. The summed E-state index contributed by atoms with van der Waals surface area (Å²) in [5, 5.41) is 5.07. The maximum absolute atomic E-state index is 11.1. The van der Waals surface area contributed by atoms with E-state index in [0.717, 1.165) is 21.3 Å². The molecule has 0 fully saturated rings. The second-order valence-corrected chi connectivity index (χ2v) is 4.91. The van der Waals surface area contributed by atoms with Gasteiger partial charge in [-0.25, -0.2) is 9.78 Å². The predicted octanol–water partition coefficient (Wildman–Crippen LogP) is 2.59. The van der Waals surface area contributed by atoms with Gasteiger partial charge in [0.2, 0.25) is 0 Å². The number of aromatic nitrogens is 2. The Bertz CT molecular complexity index is 769. The van der Waals surface area contributed by atoms with Crippen molar-refractivity contribution in [3.63, 3.8) is 0 Å². The Hall–Kier alpha value is -2.08. The number of nitrogens with one attached hydrogen (secondary N) is 2. The topological polar surface area (TPSA) is 70.9 Å². The lowest BCUT2D eigenvalue weighted by atomic mass is 10.2. The fourth-order valence-corrected chi connectivity index (χ4v) is 2.75. The number of rotatable bonds is 2. The fourth-order valence-electron chi connectivity index (χ4n) is 1.84. The van der Waals surface area contributed by atoms with Crippen molar-refractivity contribution in [2.75, 3.05) is 12.4 Å². The second-order valence-electron chi connectivity index (χ2n) is 3.91. The molecule has 92 valence electrons. The summed E-state index contributed by atoms with van der Waals surface area (Å²) in [5.74, 6) is -0.437. The summed E-state index contributed by atoms with van der Waals surface area (Å²) >= 11 is 1.58. The number of fused-ring (bicyclic) bond motifs is 1. The first-order valence-corrected chi connectivity index (χ1v) is 6.27. The van der Waals surface area contributed by atoms with E-state index in [1.807, 2.05) is 26.1 Å². The molecule has 0 aliphatic rings.